The molecular formula is C19H29N3O. The summed E-state index contributed by atoms with van der Waals surface area (Å²) in [5, 5.41) is 6.82. The maximum Gasteiger partial charge on any atom is 0.191 e. The quantitative estimate of drug-likeness (QED) is 0.461. The van der Waals surface area contributed by atoms with Gasteiger partial charge in [-0.25, -0.2) is 0 Å². The number of nitrogens with zero attached hydrogens (tertiary/aromatic N) is 1. The Bertz CT molecular complexity index is 512. The zero-order chi connectivity index (χ0) is 16.5. The predicted octanol–water partition coefficient (Wildman–Crippen LogP) is 3.15. The van der Waals surface area contributed by atoms with Crippen LogP contribution in [0.5, 0.6) is 5.75 Å². The lowest BCUT2D eigenvalue weighted by Gasteiger charge is -2.17. The van der Waals surface area contributed by atoms with Crippen LogP contribution in [-0.2, 0) is 6.42 Å². The fourth-order valence-corrected chi connectivity index (χ4v) is 2.46. The summed E-state index contributed by atoms with van der Waals surface area (Å²) >= 11 is 0. The first-order valence-electron chi connectivity index (χ1n) is 8.51. The van der Waals surface area contributed by atoms with Gasteiger partial charge in [-0.05, 0) is 42.9 Å². The van der Waals surface area contributed by atoms with Gasteiger partial charge in [0.25, 0.3) is 0 Å². The Balaban J connectivity index is 1.70. The molecule has 0 fully saturated rings. The molecule has 2 N–H and O–H groups in total. The molecule has 1 aliphatic carbocycles. The van der Waals surface area contributed by atoms with Gasteiger partial charge in [0.1, 0.15) is 5.75 Å². The molecule has 0 unspecified atom stereocenters. The number of benzene rings is 1. The minimum absolute atomic E-state index is 0.485. The maximum absolute atomic E-state index is 5.71. The van der Waals surface area contributed by atoms with E-state index in [-0.39, 0.29) is 0 Å². The van der Waals surface area contributed by atoms with Gasteiger partial charge in [0.15, 0.2) is 5.96 Å². The third kappa shape index (κ3) is 6.35. The zero-order valence-electron chi connectivity index (χ0n) is 14.5. The van der Waals surface area contributed by atoms with E-state index in [1.165, 1.54) is 5.56 Å². The molecule has 0 atom stereocenters. The smallest absolute Gasteiger partial charge is 0.191 e. The Kier molecular flexibility index (Phi) is 6.98. The van der Waals surface area contributed by atoms with Gasteiger partial charge in [-0.15, -0.1) is 0 Å². The van der Waals surface area contributed by atoms with Crippen LogP contribution in [0.3, 0.4) is 0 Å². The summed E-state index contributed by atoms with van der Waals surface area (Å²) in [7, 11) is 1.82. The monoisotopic (exact) mass is 315 g/mol. The Morgan fingerprint density at radius 3 is 2.52 bits per heavy atom. The molecule has 0 aliphatic heterocycles. The molecule has 0 heterocycles. The molecule has 4 nitrogen and oxygen atoms in total. The van der Waals surface area contributed by atoms with Gasteiger partial charge in [0.05, 0.1) is 6.61 Å². The summed E-state index contributed by atoms with van der Waals surface area (Å²) in [6, 6.07) is 8.85. The molecule has 1 aliphatic rings. The maximum atomic E-state index is 5.71. The first-order chi connectivity index (χ1) is 11.2. The van der Waals surface area contributed by atoms with E-state index in [2.05, 4.69) is 65.9 Å². The molecule has 0 radical (unpaired) electrons. The summed E-state index contributed by atoms with van der Waals surface area (Å²) in [5.74, 6) is 2.38. The van der Waals surface area contributed by atoms with E-state index >= 15 is 0 Å². The molecule has 23 heavy (non-hydrogen) atoms. The number of nitrogens with one attached hydrogen (secondary N) is 2. The highest BCUT2D eigenvalue weighted by atomic mass is 16.5. The molecule has 0 aromatic heterocycles. The lowest BCUT2D eigenvalue weighted by atomic mass is 10.1. The minimum Gasteiger partial charge on any atom is -0.493 e. The van der Waals surface area contributed by atoms with E-state index in [1.54, 1.807) is 0 Å². The predicted molar refractivity (Wildman–Crippen MR) is 97.1 cm³/mol. The van der Waals surface area contributed by atoms with Crippen LogP contribution in [0, 0.1) is 5.92 Å². The topological polar surface area (TPSA) is 45.7 Å². The molecule has 0 spiro atoms. The Labute approximate surface area is 140 Å². The highest BCUT2D eigenvalue weighted by molar-refractivity contribution is 5.80. The average molecular weight is 315 g/mol. The van der Waals surface area contributed by atoms with Crippen LogP contribution < -0.4 is 15.4 Å². The fourth-order valence-electron chi connectivity index (χ4n) is 2.46. The molecule has 2 rings (SSSR count). The average Bonchev–Trinajstić information content (AvgIpc) is 3.06. The van der Waals surface area contributed by atoms with Gasteiger partial charge in [0.2, 0.25) is 0 Å². The van der Waals surface area contributed by atoms with Crippen LogP contribution in [-0.4, -0.2) is 32.2 Å². The van der Waals surface area contributed by atoms with Crippen LogP contribution in [0.1, 0.15) is 32.3 Å². The second kappa shape index (κ2) is 9.23. The zero-order valence-corrected chi connectivity index (χ0v) is 14.5. The third-order valence-electron chi connectivity index (χ3n) is 3.79. The van der Waals surface area contributed by atoms with Crippen molar-refractivity contribution < 1.29 is 4.74 Å². The Morgan fingerprint density at radius 2 is 1.91 bits per heavy atom. The van der Waals surface area contributed by atoms with Gasteiger partial charge in [-0.1, -0.05) is 38.1 Å². The van der Waals surface area contributed by atoms with Crippen molar-refractivity contribution in [3.63, 3.8) is 0 Å². The third-order valence-corrected chi connectivity index (χ3v) is 3.79. The number of guanidine groups is 1. The summed E-state index contributed by atoms with van der Waals surface area (Å²) in [6.07, 6.45) is 7.56. The van der Waals surface area contributed by atoms with E-state index in [9.17, 15) is 0 Å². The van der Waals surface area contributed by atoms with Gasteiger partial charge in [-0.2, -0.15) is 0 Å². The van der Waals surface area contributed by atoms with Crippen molar-refractivity contribution in [1.82, 2.24) is 10.6 Å². The Hall–Kier alpha value is -1.97. The lowest BCUT2D eigenvalue weighted by Crippen LogP contribution is -2.43. The van der Waals surface area contributed by atoms with Crippen molar-refractivity contribution in [2.45, 2.75) is 39.2 Å². The van der Waals surface area contributed by atoms with Crippen LogP contribution in [0.25, 0.3) is 0 Å². The van der Waals surface area contributed by atoms with Crippen LogP contribution in [0.15, 0.2) is 41.4 Å². The van der Waals surface area contributed by atoms with E-state index in [0.29, 0.717) is 12.0 Å². The van der Waals surface area contributed by atoms with Gasteiger partial charge >= 0.3 is 0 Å². The molecule has 126 valence electrons. The summed E-state index contributed by atoms with van der Waals surface area (Å²) in [4.78, 5) is 4.28. The first kappa shape index (κ1) is 17.4. The van der Waals surface area contributed by atoms with E-state index in [1.807, 2.05) is 7.05 Å². The van der Waals surface area contributed by atoms with Crippen molar-refractivity contribution in [2.75, 3.05) is 20.2 Å². The van der Waals surface area contributed by atoms with E-state index in [0.717, 1.165) is 44.1 Å². The number of rotatable bonds is 7. The number of hydrogen-bond donors (Lipinski definition) is 2. The molecule has 0 bridgehead atoms. The molecule has 0 amide bonds. The molecule has 1 aromatic rings. The van der Waals surface area contributed by atoms with Crippen molar-refractivity contribution in [2.24, 2.45) is 10.9 Å². The highest BCUT2D eigenvalue weighted by Crippen LogP contribution is 2.13. The standard InChI is InChI=1S/C19H29N3O/c1-15(2)14-23-18-10-8-16(9-11-18)12-13-21-19(20-3)22-17-6-4-5-7-17/h4-5,8-11,15,17H,6-7,12-14H2,1-3H3,(H2,20,21,22). The molecule has 0 saturated heterocycles. The number of hydrogen-bond acceptors (Lipinski definition) is 2. The Morgan fingerprint density at radius 1 is 1.22 bits per heavy atom. The van der Waals surface area contributed by atoms with Crippen LogP contribution in [0.2, 0.25) is 0 Å². The minimum atomic E-state index is 0.485. The highest BCUT2D eigenvalue weighted by Gasteiger charge is 2.11. The molecule has 4 heteroatoms. The van der Waals surface area contributed by atoms with Gasteiger partial charge in [-0.3, -0.25) is 4.99 Å². The second-order valence-electron chi connectivity index (χ2n) is 6.38. The van der Waals surface area contributed by atoms with Crippen molar-refractivity contribution in [1.29, 1.82) is 0 Å². The van der Waals surface area contributed by atoms with Crippen LogP contribution >= 0.6 is 0 Å². The first-order valence-corrected chi connectivity index (χ1v) is 8.51. The van der Waals surface area contributed by atoms with E-state index in [4.69, 9.17) is 4.74 Å². The van der Waals surface area contributed by atoms with Gasteiger partial charge in [0, 0.05) is 19.6 Å². The fraction of sp³-hybridized carbons (Fsp3) is 0.526. The van der Waals surface area contributed by atoms with Crippen molar-refractivity contribution in [3.8, 4) is 5.75 Å². The summed E-state index contributed by atoms with van der Waals surface area (Å²) < 4.78 is 5.71. The number of aliphatic imine (C=N–C) groups is 1. The summed E-state index contributed by atoms with van der Waals surface area (Å²) in [6.45, 7) is 5.94. The van der Waals surface area contributed by atoms with Crippen molar-refractivity contribution >= 4 is 5.96 Å². The van der Waals surface area contributed by atoms with Crippen LogP contribution in [0.4, 0.5) is 0 Å². The number of ether oxygens (including phenoxy) is 1. The van der Waals surface area contributed by atoms with E-state index < -0.39 is 0 Å². The lowest BCUT2D eigenvalue weighted by molar-refractivity contribution is 0.271. The van der Waals surface area contributed by atoms with Crippen molar-refractivity contribution in [3.05, 3.63) is 42.0 Å². The normalized spacial score (nSPS) is 15.2. The van der Waals surface area contributed by atoms with Gasteiger partial charge < -0.3 is 15.4 Å². The summed E-state index contributed by atoms with van der Waals surface area (Å²) in [5.41, 5.74) is 1.30. The molecular weight excluding hydrogens is 286 g/mol. The molecule has 0 saturated carbocycles. The SMILES string of the molecule is CN=C(NCCc1ccc(OCC(C)C)cc1)NC1CC=CC1. The second-order valence-corrected chi connectivity index (χ2v) is 6.38. The molecule has 1 aromatic carbocycles. The largest absolute Gasteiger partial charge is 0.493 e.